The molecule has 3 aromatic carbocycles. The van der Waals surface area contributed by atoms with Crippen LogP contribution in [0.1, 0.15) is 27.3 Å². The fourth-order valence-electron chi connectivity index (χ4n) is 4.29. The fraction of sp³-hybridized carbons (Fsp3) is 0.148. The normalized spacial score (nSPS) is 11.7. The molecule has 7 nitrogen and oxygen atoms in total. The lowest BCUT2D eigenvalue weighted by atomic mass is 10.0. The van der Waals surface area contributed by atoms with Gasteiger partial charge in [-0.15, -0.1) is 0 Å². The van der Waals surface area contributed by atoms with Gasteiger partial charge in [-0.25, -0.2) is 9.67 Å². The van der Waals surface area contributed by atoms with E-state index in [-0.39, 0.29) is 29.3 Å². The van der Waals surface area contributed by atoms with E-state index >= 15 is 0 Å². The average molecular weight is 506 g/mol. The van der Waals surface area contributed by atoms with Crippen LogP contribution in [0.3, 0.4) is 0 Å². The van der Waals surface area contributed by atoms with Crippen LogP contribution >= 0.6 is 0 Å². The Kier molecular flexibility index (Phi) is 6.26. The maximum Gasteiger partial charge on any atom is 0.433 e. The summed E-state index contributed by atoms with van der Waals surface area (Å²) in [5, 5.41) is 9.84. The van der Waals surface area contributed by atoms with E-state index < -0.39 is 11.9 Å². The van der Waals surface area contributed by atoms with Gasteiger partial charge in [-0.1, -0.05) is 42.5 Å². The van der Waals surface area contributed by atoms with Crippen molar-refractivity contribution in [3.05, 3.63) is 95.4 Å². The minimum atomic E-state index is -4.61. The van der Waals surface area contributed by atoms with Crippen LogP contribution in [0.25, 0.3) is 27.4 Å². The zero-order chi connectivity index (χ0) is 26.2. The van der Waals surface area contributed by atoms with E-state index in [1.165, 1.54) is 30.1 Å². The predicted octanol–water partition coefficient (Wildman–Crippen LogP) is 4.99. The van der Waals surface area contributed by atoms with Gasteiger partial charge in [0.1, 0.15) is 17.0 Å². The molecule has 0 atom stereocenters. The van der Waals surface area contributed by atoms with Crippen LogP contribution in [0.15, 0.2) is 72.9 Å². The number of aromatic nitrogens is 3. The minimum absolute atomic E-state index is 0.00538. The van der Waals surface area contributed by atoms with E-state index in [0.29, 0.717) is 23.3 Å². The van der Waals surface area contributed by atoms with E-state index in [4.69, 9.17) is 10.5 Å². The topological polar surface area (TPSA) is 95.1 Å². The fourth-order valence-corrected chi connectivity index (χ4v) is 4.29. The van der Waals surface area contributed by atoms with Gasteiger partial charge in [0.05, 0.1) is 24.1 Å². The first-order chi connectivity index (χ1) is 17.8. The van der Waals surface area contributed by atoms with Crippen molar-refractivity contribution in [2.24, 2.45) is 5.73 Å². The molecule has 1 amide bonds. The molecule has 2 heterocycles. The zero-order valence-electron chi connectivity index (χ0n) is 19.7. The number of nitrogens with two attached hydrogens (primary N) is 1. The number of rotatable bonds is 6. The number of halogens is 3. The lowest BCUT2D eigenvalue weighted by molar-refractivity contribution is -0.140. The molecular formula is C27H22F3N5O2. The number of amides is 1. The molecule has 0 saturated heterocycles. The highest BCUT2D eigenvalue weighted by molar-refractivity contribution is 5.96. The van der Waals surface area contributed by atoms with Crippen LogP contribution < -0.4 is 15.8 Å². The number of alkyl halides is 3. The quantitative estimate of drug-likeness (QED) is 0.339. The van der Waals surface area contributed by atoms with Crippen LogP contribution in [0, 0.1) is 0 Å². The first kappa shape index (κ1) is 24.3. The Morgan fingerprint density at radius 1 is 1.03 bits per heavy atom. The highest BCUT2D eigenvalue weighted by Crippen LogP contribution is 2.34. The lowest BCUT2D eigenvalue weighted by Gasteiger charge is -2.12. The van der Waals surface area contributed by atoms with Gasteiger partial charge in [-0.2, -0.15) is 18.3 Å². The van der Waals surface area contributed by atoms with Crippen molar-refractivity contribution >= 4 is 27.6 Å². The third kappa shape index (κ3) is 4.58. The van der Waals surface area contributed by atoms with E-state index in [2.05, 4.69) is 15.4 Å². The van der Waals surface area contributed by atoms with Crippen molar-refractivity contribution in [3.63, 3.8) is 0 Å². The Morgan fingerprint density at radius 2 is 1.81 bits per heavy atom. The molecule has 0 fully saturated rings. The second kappa shape index (κ2) is 9.55. The van der Waals surface area contributed by atoms with Crippen molar-refractivity contribution in [2.45, 2.75) is 19.3 Å². The van der Waals surface area contributed by atoms with Gasteiger partial charge >= 0.3 is 6.18 Å². The summed E-state index contributed by atoms with van der Waals surface area (Å²) in [5.41, 5.74) is 6.87. The molecule has 0 bridgehead atoms. The molecule has 0 unspecified atom stereocenters. The van der Waals surface area contributed by atoms with Crippen LogP contribution in [0.5, 0.6) is 5.75 Å². The molecule has 0 aliphatic carbocycles. The van der Waals surface area contributed by atoms with Gasteiger partial charge in [-0.3, -0.25) is 4.79 Å². The monoisotopic (exact) mass is 505 g/mol. The zero-order valence-corrected chi connectivity index (χ0v) is 19.7. The third-order valence-electron chi connectivity index (χ3n) is 6.10. The third-order valence-corrected chi connectivity index (χ3v) is 6.10. The number of hydrogen-bond donors (Lipinski definition) is 2. The van der Waals surface area contributed by atoms with Gasteiger partial charge in [0.15, 0.2) is 0 Å². The predicted molar refractivity (Wildman–Crippen MR) is 133 cm³/mol. The Labute approximate surface area is 209 Å². The molecule has 188 valence electrons. The van der Waals surface area contributed by atoms with Gasteiger partial charge in [-0.05, 0) is 40.6 Å². The number of benzene rings is 3. The minimum Gasteiger partial charge on any atom is -0.494 e. The Balaban J connectivity index is 1.49. The van der Waals surface area contributed by atoms with Crippen molar-refractivity contribution in [1.29, 1.82) is 0 Å². The summed E-state index contributed by atoms with van der Waals surface area (Å²) in [7, 11) is 1.36. The number of pyridine rings is 1. The van der Waals surface area contributed by atoms with Gasteiger partial charge in [0.2, 0.25) is 0 Å². The van der Waals surface area contributed by atoms with Crippen molar-refractivity contribution in [3.8, 4) is 11.4 Å². The number of methoxy groups -OCH3 is 1. The van der Waals surface area contributed by atoms with Gasteiger partial charge < -0.3 is 15.8 Å². The average Bonchev–Trinajstić information content (AvgIpc) is 3.34. The molecule has 0 aliphatic heterocycles. The summed E-state index contributed by atoms with van der Waals surface area (Å²) in [6.45, 7) is 0.291. The molecule has 0 radical (unpaired) electrons. The van der Waals surface area contributed by atoms with Gasteiger partial charge in [0, 0.05) is 24.7 Å². The summed E-state index contributed by atoms with van der Waals surface area (Å²) in [6.07, 6.45) is -3.09. The summed E-state index contributed by atoms with van der Waals surface area (Å²) < 4.78 is 46.5. The molecule has 0 spiro atoms. The van der Waals surface area contributed by atoms with Crippen LogP contribution in [0.2, 0.25) is 0 Å². The van der Waals surface area contributed by atoms with Gasteiger partial charge in [0.25, 0.3) is 5.91 Å². The maximum atomic E-state index is 13.3. The summed E-state index contributed by atoms with van der Waals surface area (Å²) in [4.78, 5) is 16.9. The molecule has 5 rings (SSSR count). The van der Waals surface area contributed by atoms with E-state index in [0.717, 1.165) is 22.4 Å². The lowest BCUT2D eigenvalue weighted by Crippen LogP contribution is -2.24. The summed E-state index contributed by atoms with van der Waals surface area (Å²) in [6, 6.07) is 19.1. The Morgan fingerprint density at radius 3 is 2.57 bits per heavy atom. The van der Waals surface area contributed by atoms with Crippen LogP contribution in [0.4, 0.5) is 13.2 Å². The second-order valence-electron chi connectivity index (χ2n) is 8.34. The second-order valence-corrected chi connectivity index (χ2v) is 8.34. The molecular weight excluding hydrogens is 483 g/mol. The Bertz CT molecular complexity index is 1620. The highest BCUT2D eigenvalue weighted by atomic mass is 19.4. The number of hydrogen-bond acceptors (Lipinski definition) is 5. The van der Waals surface area contributed by atoms with Crippen molar-refractivity contribution < 1.29 is 22.7 Å². The standard InChI is InChI=1S/C27H22F3N5O2/c1-37-23-11-10-22(19-9-12-24(27(28,29)30)33-25(19)23)35-15-20(21(13-31)34-35)26(36)32-14-17-7-4-6-16-5-2-3-8-18(16)17/h2-12,15H,13-14,31H2,1H3,(H,32,36). The number of ether oxygens (including phenoxy) is 1. The highest BCUT2D eigenvalue weighted by Gasteiger charge is 2.33. The molecule has 0 saturated carbocycles. The summed E-state index contributed by atoms with van der Waals surface area (Å²) >= 11 is 0. The van der Waals surface area contributed by atoms with Crippen LogP contribution in [-0.4, -0.2) is 27.8 Å². The summed E-state index contributed by atoms with van der Waals surface area (Å²) in [5.74, 6) is -0.181. The molecule has 0 aliphatic rings. The molecule has 10 heteroatoms. The first-order valence-electron chi connectivity index (χ1n) is 11.4. The number of nitrogens with zero attached hydrogens (tertiary/aromatic N) is 3. The molecule has 5 aromatic rings. The number of fused-ring (bicyclic) bond motifs is 2. The van der Waals surface area contributed by atoms with E-state index in [9.17, 15) is 18.0 Å². The van der Waals surface area contributed by atoms with Crippen LogP contribution in [-0.2, 0) is 19.3 Å². The number of carbonyl (C=O) groups is 1. The Hall–Kier alpha value is -4.44. The molecule has 37 heavy (non-hydrogen) atoms. The first-order valence-corrected chi connectivity index (χ1v) is 11.4. The largest absolute Gasteiger partial charge is 0.494 e. The smallest absolute Gasteiger partial charge is 0.433 e. The van der Waals surface area contributed by atoms with Crippen molar-refractivity contribution in [1.82, 2.24) is 20.1 Å². The SMILES string of the molecule is COc1ccc(-n2cc(C(=O)NCc3cccc4ccccc34)c(CN)n2)c2ccc(C(F)(F)F)nc12. The molecule has 3 N–H and O–H groups in total. The van der Waals surface area contributed by atoms with Crippen molar-refractivity contribution in [2.75, 3.05) is 7.11 Å². The number of nitrogens with one attached hydrogen (secondary N) is 1. The number of carbonyl (C=O) groups excluding carboxylic acids is 1. The maximum absolute atomic E-state index is 13.3. The van der Waals surface area contributed by atoms with E-state index in [1.807, 2.05) is 42.5 Å². The van der Waals surface area contributed by atoms with E-state index in [1.54, 1.807) is 6.07 Å². The molecule has 2 aromatic heterocycles.